The van der Waals surface area contributed by atoms with Crippen LogP contribution in [0.25, 0.3) is 28.1 Å². The van der Waals surface area contributed by atoms with Crippen molar-refractivity contribution in [2.75, 3.05) is 6.61 Å². The van der Waals surface area contributed by atoms with Gasteiger partial charge in [-0.3, -0.25) is 4.98 Å². The smallest absolute Gasteiger partial charge is 0.183 e. The van der Waals surface area contributed by atoms with Crippen molar-refractivity contribution >= 4 is 16.7 Å². The summed E-state index contributed by atoms with van der Waals surface area (Å²) in [6.07, 6.45) is 5.13. The van der Waals surface area contributed by atoms with Crippen molar-refractivity contribution in [1.29, 1.82) is 0 Å². The Morgan fingerprint density at radius 3 is 2.83 bits per heavy atom. The zero-order chi connectivity index (χ0) is 16.0. The molecule has 116 valence electrons. The summed E-state index contributed by atoms with van der Waals surface area (Å²) >= 11 is 0. The number of fused-ring (bicyclic) bond motifs is 3. The molecule has 0 aliphatic rings. The lowest BCUT2D eigenvalue weighted by atomic mass is 10.2. The van der Waals surface area contributed by atoms with Crippen LogP contribution in [0.2, 0.25) is 0 Å². The SMILES string of the molecule is Cc1c(C)n(CCO)c2ncn3nc(-c4cccnc4)nc3c12. The van der Waals surface area contributed by atoms with Gasteiger partial charge >= 0.3 is 0 Å². The minimum atomic E-state index is 0.0740. The van der Waals surface area contributed by atoms with Crippen molar-refractivity contribution < 1.29 is 5.11 Å². The van der Waals surface area contributed by atoms with Gasteiger partial charge in [0.2, 0.25) is 0 Å². The summed E-state index contributed by atoms with van der Waals surface area (Å²) in [5.74, 6) is 0.624. The molecule has 4 heterocycles. The quantitative estimate of drug-likeness (QED) is 0.623. The number of aryl methyl sites for hydroxylation is 1. The van der Waals surface area contributed by atoms with Gasteiger partial charge < -0.3 is 9.67 Å². The standard InChI is InChI=1S/C16H16N6O/c1-10-11(2)21(6-7-23)15-13(10)16-19-14(20-22(16)9-18-15)12-4-3-5-17-8-12/h3-5,8-9,23H,6-7H2,1-2H3. The summed E-state index contributed by atoms with van der Waals surface area (Å²) in [5.41, 5.74) is 4.66. The Kier molecular flexibility index (Phi) is 3.09. The monoisotopic (exact) mass is 308 g/mol. The summed E-state index contributed by atoms with van der Waals surface area (Å²) in [6, 6.07) is 3.80. The molecule has 0 bridgehead atoms. The van der Waals surface area contributed by atoms with Crippen molar-refractivity contribution in [1.82, 2.24) is 29.1 Å². The van der Waals surface area contributed by atoms with E-state index >= 15 is 0 Å². The largest absolute Gasteiger partial charge is 0.395 e. The van der Waals surface area contributed by atoms with Gasteiger partial charge in [-0.25, -0.2) is 14.5 Å². The number of hydrogen-bond donors (Lipinski definition) is 1. The predicted octanol–water partition coefficient (Wildman–Crippen LogP) is 1.75. The maximum absolute atomic E-state index is 9.29. The number of aliphatic hydroxyl groups is 1. The first kappa shape index (κ1) is 13.8. The van der Waals surface area contributed by atoms with Crippen LogP contribution < -0.4 is 0 Å². The molecule has 0 radical (unpaired) electrons. The van der Waals surface area contributed by atoms with E-state index in [1.807, 2.05) is 30.5 Å². The van der Waals surface area contributed by atoms with E-state index in [-0.39, 0.29) is 6.61 Å². The number of aromatic nitrogens is 6. The molecule has 4 aromatic rings. The highest BCUT2D eigenvalue weighted by molar-refractivity contribution is 5.94. The highest BCUT2D eigenvalue weighted by Gasteiger charge is 2.18. The normalized spacial score (nSPS) is 11.6. The fraction of sp³-hybridized carbons (Fsp3) is 0.250. The van der Waals surface area contributed by atoms with Crippen molar-refractivity contribution in [3.8, 4) is 11.4 Å². The highest BCUT2D eigenvalue weighted by atomic mass is 16.3. The molecule has 0 atom stereocenters. The lowest BCUT2D eigenvalue weighted by Crippen LogP contribution is -2.05. The minimum absolute atomic E-state index is 0.0740. The van der Waals surface area contributed by atoms with Crippen LogP contribution in [0.3, 0.4) is 0 Å². The molecule has 0 fully saturated rings. The van der Waals surface area contributed by atoms with Gasteiger partial charge in [-0.15, -0.1) is 5.10 Å². The molecule has 0 saturated carbocycles. The molecule has 0 aliphatic heterocycles. The number of hydrogen-bond acceptors (Lipinski definition) is 5. The predicted molar refractivity (Wildman–Crippen MR) is 86.1 cm³/mol. The average molecular weight is 308 g/mol. The summed E-state index contributed by atoms with van der Waals surface area (Å²) in [7, 11) is 0. The zero-order valence-corrected chi connectivity index (χ0v) is 12.9. The van der Waals surface area contributed by atoms with E-state index in [1.54, 1.807) is 23.2 Å². The number of aliphatic hydroxyl groups excluding tert-OH is 1. The first-order chi connectivity index (χ1) is 11.2. The summed E-state index contributed by atoms with van der Waals surface area (Å²) < 4.78 is 3.71. The van der Waals surface area contributed by atoms with Gasteiger partial charge in [0, 0.05) is 30.2 Å². The second kappa shape index (κ2) is 5.13. The van der Waals surface area contributed by atoms with Crippen LogP contribution in [0.15, 0.2) is 30.9 Å². The van der Waals surface area contributed by atoms with Gasteiger partial charge in [-0.05, 0) is 31.5 Å². The van der Waals surface area contributed by atoms with E-state index in [9.17, 15) is 5.11 Å². The topological polar surface area (TPSA) is 81.1 Å². The van der Waals surface area contributed by atoms with Crippen LogP contribution in [0.5, 0.6) is 0 Å². The molecule has 0 amide bonds. The molecule has 0 unspecified atom stereocenters. The van der Waals surface area contributed by atoms with E-state index < -0.39 is 0 Å². The molecule has 7 nitrogen and oxygen atoms in total. The lowest BCUT2D eigenvalue weighted by Gasteiger charge is -2.04. The van der Waals surface area contributed by atoms with E-state index in [0.717, 1.165) is 33.5 Å². The first-order valence-electron chi connectivity index (χ1n) is 7.42. The molecule has 23 heavy (non-hydrogen) atoms. The van der Waals surface area contributed by atoms with Gasteiger partial charge in [-0.2, -0.15) is 0 Å². The third-order valence-electron chi connectivity index (χ3n) is 4.19. The van der Waals surface area contributed by atoms with Crippen LogP contribution >= 0.6 is 0 Å². The number of nitrogens with zero attached hydrogens (tertiary/aromatic N) is 6. The number of rotatable bonds is 3. The lowest BCUT2D eigenvalue weighted by molar-refractivity contribution is 0.276. The summed E-state index contributed by atoms with van der Waals surface area (Å²) in [4.78, 5) is 13.3. The molecule has 1 N–H and O–H groups in total. The third kappa shape index (κ3) is 2.01. The van der Waals surface area contributed by atoms with E-state index in [0.29, 0.717) is 12.4 Å². The molecule has 0 aromatic carbocycles. The van der Waals surface area contributed by atoms with Crippen molar-refractivity contribution in [2.24, 2.45) is 0 Å². The minimum Gasteiger partial charge on any atom is -0.395 e. The Morgan fingerprint density at radius 2 is 2.09 bits per heavy atom. The third-order valence-corrected chi connectivity index (χ3v) is 4.19. The fourth-order valence-corrected chi connectivity index (χ4v) is 2.92. The summed E-state index contributed by atoms with van der Waals surface area (Å²) in [5, 5.41) is 14.8. The zero-order valence-electron chi connectivity index (χ0n) is 12.9. The first-order valence-corrected chi connectivity index (χ1v) is 7.42. The fourth-order valence-electron chi connectivity index (χ4n) is 2.92. The maximum Gasteiger partial charge on any atom is 0.183 e. The molecular formula is C16H16N6O. The Hall–Kier alpha value is -2.80. The highest BCUT2D eigenvalue weighted by Crippen LogP contribution is 2.27. The molecule has 4 aromatic heterocycles. The molecule has 0 aliphatic carbocycles. The molecule has 0 saturated heterocycles. The molecule has 7 heteroatoms. The van der Waals surface area contributed by atoms with Crippen LogP contribution in [-0.4, -0.2) is 40.8 Å². The Balaban J connectivity index is 2.02. The van der Waals surface area contributed by atoms with Crippen molar-refractivity contribution in [3.63, 3.8) is 0 Å². The van der Waals surface area contributed by atoms with Crippen LogP contribution in [0.4, 0.5) is 0 Å². The maximum atomic E-state index is 9.29. The molecular weight excluding hydrogens is 292 g/mol. The van der Waals surface area contributed by atoms with Gasteiger partial charge in [0.1, 0.15) is 12.0 Å². The molecule has 0 spiro atoms. The van der Waals surface area contributed by atoms with Gasteiger partial charge in [0.05, 0.1) is 12.0 Å². The molecule has 4 rings (SSSR count). The van der Waals surface area contributed by atoms with Gasteiger partial charge in [-0.1, -0.05) is 0 Å². The van der Waals surface area contributed by atoms with Gasteiger partial charge in [0.25, 0.3) is 0 Å². The Morgan fingerprint density at radius 1 is 1.22 bits per heavy atom. The van der Waals surface area contributed by atoms with E-state index in [2.05, 4.69) is 20.1 Å². The van der Waals surface area contributed by atoms with Crippen LogP contribution in [-0.2, 0) is 6.54 Å². The van der Waals surface area contributed by atoms with E-state index in [1.165, 1.54) is 0 Å². The van der Waals surface area contributed by atoms with Crippen molar-refractivity contribution in [3.05, 3.63) is 42.1 Å². The van der Waals surface area contributed by atoms with E-state index in [4.69, 9.17) is 0 Å². The van der Waals surface area contributed by atoms with Crippen molar-refractivity contribution in [2.45, 2.75) is 20.4 Å². The van der Waals surface area contributed by atoms with Gasteiger partial charge in [0.15, 0.2) is 11.5 Å². The second-order valence-corrected chi connectivity index (χ2v) is 5.47. The summed E-state index contributed by atoms with van der Waals surface area (Å²) in [6.45, 7) is 4.67. The van der Waals surface area contributed by atoms with Crippen LogP contribution in [0.1, 0.15) is 11.3 Å². The Bertz CT molecular complexity index is 1000. The number of pyridine rings is 1. The average Bonchev–Trinajstić information content (AvgIpc) is 3.11. The van der Waals surface area contributed by atoms with Crippen LogP contribution in [0, 0.1) is 13.8 Å². The Labute approximate surface area is 132 Å². The second-order valence-electron chi connectivity index (χ2n) is 5.47.